The van der Waals surface area contributed by atoms with Crippen LogP contribution in [-0.4, -0.2) is 36.3 Å². The predicted molar refractivity (Wildman–Crippen MR) is 91.1 cm³/mol. The average molecular weight is 331 g/mol. The normalized spacial score (nSPS) is 14.8. The molecule has 24 heavy (non-hydrogen) atoms. The number of rotatable bonds is 8. The van der Waals surface area contributed by atoms with Crippen LogP contribution < -0.4 is 16.0 Å². The highest BCUT2D eigenvalue weighted by atomic mass is 16.2. The fraction of sp³-hybridized carbons (Fsp3) is 0.500. The highest BCUT2D eigenvalue weighted by Gasteiger charge is 2.26. The summed E-state index contributed by atoms with van der Waals surface area (Å²) in [6.07, 6.45) is 2.23. The van der Waals surface area contributed by atoms with Crippen LogP contribution in [0.5, 0.6) is 0 Å². The van der Waals surface area contributed by atoms with E-state index < -0.39 is 6.04 Å². The number of hydrogen-bond acceptors (Lipinski definition) is 3. The Hall–Kier alpha value is -2.37. The summed E-state index contributed by atoms with van der Waals surface area (Å²) in [5.74, 6) is -0.810. The van der Waals surface area contributed by atoms with Crippen LogP contribution in [0.3, 0.4) is 0 Å². The van der Waals surface area contributed by atoms with Gasteiger partial charge in [0.2, 0.25) is 17.7 Å². The minimum Gasteiger partial charge on any atom is -0.352 e. The quantitative estimate of drug-likeness (QED) is 0.657. The molecule has 6 nitrogen and oxygen atoms in total. The molecule has 1 aromatic rings. The molecule has 130 valence electrons. The summed E-state index contributed by atoms with van der Waals surface area (Å²) in [7, 11) is 0. The second-order valence-electron chi connectivity index (χ2n) is 6.51. The first-order chi connectivity index (χ1) is 11.5. The van der Waals surface area contributed by atoms with Crippen LogP contribution in [0.4, 0.5) is 0 Å². The molecule has 3 N–H and O–H groups in total. The molecule has 0 saturated heterocycles. The second kappa shape index (κ2) is 8.47. The van der Waals surface area contributed by atoms with E-state index in [1.807, 2.05) is 44.2 Å². The average Bonchev–Trinajstić information content (AvgIpc) is 3.35. The molecule has 1 aliphatic carbocycles. The Bertz CT molecular complexity index is 582. The first-order valence-electron chi connectivity index (χ1n) is 8.36. The van der Waals surface area contributed by atoms with E-state index in [0.717, 1.165) is 18.4 Å². The van der Waals surface area contributed by atoms with Gasteiger partial charge in [-0.25, -0.2) is 0 Å². The minimum absolute atomic E-state index is 0.0624. The Morgan fingerprint density at radius 3 is 2.33 bits per heavy atom. The van der Waals surface area contributed by atoms with Gasteiger partial charge in [0.15, 0.2) is 0 Å². The third-order valence-corrected chi connectivity index (χ3v) is 3.84. The number of benzene rings is 1. The van der Waals surface area contributed by atoms with Crippen LogP contribution in [0.2, 0.25) is 0 Å². The summed E-state index contributed by atoms with van der Waals surface area (Å²) >= 11 is 0. The molecule has 0 aliphatic heterocycles. The van der Waals surface area contributed by atoms with Crippen LogP contribution >= 0.6 is 0 Å². The maximum absolute atomic E-state index is 12.3. The van der Waals surface area contributed by atoms with Crippen molar-refractivity contribution in [3.05, 3.63) is 35.9 Å². The fourth-order valence-electron chi connectivity index (χ4n) is 2.32. The Labute approximate surface area is 142 Å². The van der Waals surface area contributed by atoms with Gasteiger partial charge in [-0.2, -0.15) is 0 Å². The molecule has 1 aromatic carbocycles. The van der Waals surface area contributed by atoms with Crippen molar-refractivity contribution in [1.29, 1.82) is 0 Å². The van der Waals surface area contributed by atoms with Gasteiger partial charge in [-0.1, -0.05) is 44.2 Å². The number of carbonyl (C=O) groups is 3. The van der Waals surface area contributed by atoms with Gasteiger partial charge in [0, 0.05) is 6.04 Å². The molecular formula is C18H25N3O3. The lowest BCUT2D eigenvalue weighted by Crippen LogP contribution is -2.51. The summed E-state index contributed by atoms with van der Waals surface area (Å²) in [5.41, 5.74) is 0.890. The Balaban J connectivity index is 1.82. The number of carbonyl (C=O) groups excluding carboxylic acids is 3. The van der Waals surface area contributed by atoms with Crippen LogP contribution in [-0.2, 0) is 20.8 Å². The van der Waals surface area contributed by atoms with Gasteiger partial charge < -0.3 is 16.0 Å². The zero-order valence-electron chi connectivity index (χ0n) is 14.2. The molecule has 0 aromatic heterocycles. The van der Waals surface area contributed by atoms with Crippen molar-refractivity contribution in [3.8, 4) is 0 Å². The van der Waals surface area contributed by atoms with Gasteiger partial charge >= 0.3 is 0 Å². The first kappa shape index (κ1) is 18.0. The summed E-state index contributed by atoms with van der Waals surface area (Å²) in [5, 5.41) is 8.17. The van der Waals surface area contributed by atoms with Gasteiger partial charge in [0.25, 0.3) is 0 Å². The van der Waals surface area contributed by atoms with E-state index in [1.54, 1.807) is 0 Å². The number of hydrogen-bond donors (Lipinski definition) is 3. The van der Waals surface area contributed by atoms with Gasteiger partial charge in [-0.3, -0.25) is 14.4 Å². The van der Waals surface area contributed by atoms with Crippen molar-refractivity contribution in [2.75, 3.05) is 6.54 Å². The van der Waals surface area contributed by atoms with E-state index >= 15 is 0 Å². The second-order valence-corrected chi connectivity index (χ2v) is 6.51. The third-order valence-electron chi connectivity index (χ3n) is 3.84. The molecule has 1 saturated carbocycles. The standard InChI is InChI=1S/C18H25N3O3/c1-12(2)17(18(24)19-11-16(23)20-14-8-9-14)21-15(22)10-13-6-4-3-5-7-13/h3-7,12,14,17H,8-11H2,1-2H3,(H,19,24)(H,20,23)(H,21,22)/t17-/m0/s1. The van der Waals surface area contributed by atoms with Crippen molar-refractivity contribution >= 4 is 17.7 Å². The molecule has 6 heteroatoms. The van der Waals surface area contributed by atoms with Crippen molar-refractivity contribution in [2.45, 2.75) is 45.2 Å². The Morgan fingerprint density at radius 1 is 1.08 bits per heavy atom. The van der Waals surface area contributed by atoms with E-state index in [-0.39, 0.29) is 42.6 Å². The van der Waals surface area contributed by atoms with Crippen LogP contribution in [0.1, 0.15) is 32.3 Å². The van der Waals surface area contributed by atoms with Crippen molar-refractivity contribution in [3.63, 3.8) is 0 Å². The van der Waals surface area contributed by atoms with E-state index in [0.29, 0.717) is 0 Å². The summed E-state index contributed by atoms with van der Waals surface area (Å²) in [4.78, 5) is 36.1. The molecule has 0 unspecified atom stereocenters. The molecule has 2 rings (SSSR count). The highest BCUT2D eigenvalue weighted by molar-refractivity contribution is 5.91. The van der Waals surface area contributed by atoms with Gasteiger partial charge in [0.05, 0.1) is 13.0 Å². The zero-order chi connectivity index (χ0) is 17.5. The molecule has 1 aliphatic rings. The van der Waals surface area contributed by atoms with E-state index in [9.17, 15) is 14.4 Å². The van der Waals surface area contributed by atoms with Crippen molar-refractivity contribution in [1.82, 2.24) is 16.0 Å². The van der Waals surface area contributed by atoms with Crippen LogP contribution in [0.25, 0.3) is 0 Å². The SMILES string of the molecule is CC(C)[C@H](NC(=O)Cc1ccccc1)C(=O)NCC(=O)NC1CC1. The molecule has 1 fully saturated rings. The molecular weight excluding hydrogens is 306 g/mol. The van der Waals surface area contributed by atoms with E-state index in [1.165, 1.54) is 0 Å². The third kappa shape index (κ3) is 6.02. The van der Waals surface area contributed by atoms with Gasteiger partial charge in [-0.05, 0) is 24.3 Å². The minimum atomic E-state index is -0.657. The molecule has 1 atom stereocenters. The number of nitrogens with one attached hydrogen (secondary N) is 3. The smallest absolute Gasteiger partial charge is 0.243 e. The monoisotopic (exact) mass is 331 g/mol. The lowest BCUT2D eigenvalue weighted by Gasteiger charge is -2.21. The Kier molecular flexibility index (Phi) is 6.35. The maximum Gasteiger partial charge on any atom is 0.243 e. The van der Waals surface area contributed by atoms with Crippen LogP contribution in [0, 0.1) is 5.92 Å². The van der Waals surface area contributed by atoms with Crippen molar-refractivity contribution < 1.29 is 14.4 Å². The summed E-state index contributed by atoms with van der Waals surface area (Å²) in [6.45, 7) is 3.65. The zero-order valence-corrected chi connectivity index (χ0v) is 14.2. The Morgan fingerprint density at radius 2 is 1.75 bits per heavy atom. The van der Waals surface area contributed by atoms with Gasteiger partial charge in [-0.15, -0.1) is 0 Å². The van der Waals surface area contributed by atoms with E-state index in [4.69, 9.17) is 0 Å². The van der Waals surface area contributed by atoms with Gasteiger partial charge in [0.1, 0.15) is 6.04 Å². The molecule has 0 radical (unpaired) electrons. The van der Waals surface area contributed by atoms with E-state index in [2.05, 4.69) is 16.0 Å². The summed E-state index contributed by atoms with van der Waals surface area (Å²) < 4.78 is 0. The number of amides is 3. The van der Waals surface area contributed by atoms with Crippen molar-refractivity contribution in [2.24, 2.45) is 5.92 Å². The molecule has 0 bridgehead atoms. The topological polar surface area (TPSA) is 87.3 Å². The summed E-state index contributed by atoms with van der Waals surface area (Å²) in [6, 6.07) is 8.97. The predicted octanol–water partition coefficient (Wildman–Crippen LogP) is 0.765. The molecule has 0 spiro atoms. The molecule has 3 amide bonds. The maximum atomic E-state index is 12.3. The lowest BCUT2D eigenvalue weighted by atomic mass is 10.0. The highest BCUT2D eigenvalue weighted by Crippen LogP contribution is 2.18. The first-order valence-corrected chi connectivity index (χ1v) is 8.36. The largest absolute Gasteiger partial charge is 0.352 e. The lowest BCUT2D eigenvalue weighted by molar-refractivity contribution is -0.131. The van der Waals surface area contributed by atoms with Crippen LogP contribution in [0.15, 0.2) is 30.3 Å². The fourth-order valence-corrected chi connectivity index (χ4v) is 2.32. The molecule has 0 heterocycles.